The second-order valence-corrected chi connectivity index (χ2v) is 11.5. The number of esters is 1. The number of rotatable bonds is 10. The Hall–Kier alpha value is -3.29. The lowest BCUT2D eigenvalue weighted by Crippen LogP contribution is -2.51. The van der Waals surface area contributed by atoms with Crippen LogP contribution in [0.15, 0.2) is 17.5 Å². The molecule has 1 amide bonds. The van der Waals surface area contributed by atoms with Gasteiger partial charge in [0.1, 0.15) is 6.33 Å². The summed E-state index contributed by atoms with van der Waals surface area (Å²) in [6.45, 7) is 7.15. The maximum atomic E-state index is 13.3. The van der Waals surface area contributed by atoms with Crippen LogP contribution in [-0.2, 0) is 14.3 Å². The normalized spacial score (nSPS) is 30.4. The lowest BCUT2D eigenvalue weighted by Gasteiger charge is -2.35. The Kier molecular flexibility index (Phi) is 9.50. The summed E-state index contributed by atoms with van der Waals surface area (Å²) in [4.78, 5) is 41.4. The Balaban J connectivity index is 1.48. The number of carbonyl (C=O) groups is 2. The van der Waals surface area contributed by atoms with Gasteiger partial charge in [0.15, 0.2) is 5.96 Å². The SMILES string of the molecule is CCC(CC)[C@H](NC(C)=O)[C@@H]1[C@H](O)[C@@H](C(=O)OC[C@H]2C[C@@H](c3c[nH]c4c(C)ncnc34)[C@H](O)[C@@H]2O)C[C@H]1N=C(N)N. The van der Waals surface area contributed by atoms with Gasteiger partial charge < -0.3 is 41.8 Å². The minimum atomic E-state index is -1.16. The lowest BCUT2D eigenvalue weighted by molar-refractivity contribution is -0.154. The third-order valence-electron chi connectivity index (χ3n) is 9.03. The summed E-state index contributed by atoms with van der Waals surface area (Å²) >= 11 is 0. The van der Waals surface area contributed by atoms with Crippen molar-refractivity contribution in [1.82, 2.24) is 20.3 Å². The van der Waals surface area contributed by atoms with Gasteiger partial charge in [-0.2, -0.15) is 0 Å². The molecule has 2 aliphatic carbocycles. The monoisotopic (exact) mass is 573 g/mol. The van der Waals surface area contributed by atoms with Crippen molar-refractivity contribution < 1.29 is 29.6 Å². The lowest BCUT2D eigenvalue weighted by atomic mass is 9.80. The molecule has 2 aliphatic rings. The smallest absolute Gasteiger partial charge is 0.311 e. The van der Waals surface area contributed by atoms with Gasteiger partial charge in [0.25, 0.3) is 0 Å². The van der Waals surface area contributed by atoms with Crippen molar-refractivity contribution >= 4 is 28.9 Å². The number of ether oxygens (including phenoxy) is 1. The Bertz CT molecular complexity index is 1260. The molecule has 226 valence electrons. The molecule has 0 radical (unpaired) electrons. The fourth-order valence-corrected chi connectivity index (χ4v) is 6.89. The molecule has 0 aliphatic heterocycles. The molecule has 0 bridgehead atoms. The first-order valence-corrected chi connectivity index (χ1v) is 14.3. The molecule has 0 saturated heterocycles. The molecule has 41 heavy (non-hydrogen) atoms. The van der Waals surface area contributed by atoms with Crippen LogP contribution in [0.4, 0.5) is 0 Å². The number of hydrogen-bond donors (Lipinski definition) is 7. The summed E-state index contributed by atoms with van der Waals surface area (Å²) in [6, 6.07) is -1.04. The maximum Gasteiger partial charge on any atom is 0.311 e. The number of guanidine groups is 1. The highest BCUT2D eigenvalue weighted by Crippen LogP contribution is 2.43. The van der Waals surface area contributed by atoms with Gasteiger partial charge in [0.2, 0.25) is 5.91 Å². The number of aliphatic imine (C=N–C) groups is 1. The molecule has 0 aromatic carbocycles. The summed E-state index contributed by atoms with van der Waals surface area (Å²) in [5.74, 6) is -3.47. The van der Waals surface area contributed by atoms with Crippen molar-refractivity contribution in [3.05, 3.63) is 23.8 Å². The highest BCUT2D eigenvalue weighted by atomic mass is 16.5. The van der Waals surface area contributed by atoms with E-state index in [1.807, 2.05) is 20.8 Å². The van der Waals surface area contributed by atoms with Crippen LogP contribution in [0.3, 0.4) is 0 Å². The van der Waals surface area contributed by atoms with Crippen LogP contribution in [0, 0.1) is 30.6 Å². The third-order valence-corrected chi connectivity index (χ3v) is 9.03. The Labute approximate surface area is 239 Å². The first kappa shape index (κ1) is 30.7. The molecule has 13 nitrogen and oxygen atoms in total. The molecule has 2 aromatic heterocycles. The highest BCUT2D eigenvalue weighted by Gasteiger charge is 2.52. The van der Waals surface area contributed by atoms with Crippen LogP contribution >= 0.6 is 0 Å². The van der Waals surface area contributed by atoms with Crippen molar-refractivity contribution in [2.45, 2.75) is 89.7 Å². The van der Waals surface area contributed by atoms with Crippen LogP contribution in [0.25, 0.3) is 11.0 Å². The zero-order valence-corrected chi connectivity index (χ0v) is 24.0. The Morgan fingerprint density at radius 2 is 1.85 bits per heavy atom. The third kappa shape index (κ3) is 6.16. The van der Waals surface area contributed by atoms with Crippen LogP contribution in [0.2, 0.25) is 0 Å². The van der Waals surface area contributed by atoms with Gasteiger partial charge in [0.05, 0.1) is 53.6 Å². The molecule has 2 saturated carbocycles. The highest BCUT2D eigenvalue weighted by molar-refractivity contribution is 5.81. The number of H-pyrrole nitrogens is 1. The molecule has 2 heterocycles. The number of aliphatic hydroxyl groups is 3. The van der Waals surface area contributed by atoms with Crippen LogP contribution in [0.1, 0.15) is 63.6 Å². The number of aliphatic hydroxyl groups excluding tert-OH is 3. The first-order valence-electron chi connectivity index (χ1n) is 14.3. The predicted molar refractivity (Wildman–Crippen MR) is 151 cm³/mol. The second kappa shape index (κ2) is 12.7. The molecule has 9 atom stereocenters. The fourth-order valence-electron chi connectivity index (χ4n) is 6.89. The van der Waals surface area contributed by atoms with E-state index in [1.54, 1.807) is 6.20 Å². The predicted octanol–water partition coefficient (Wildman–Crippen LogP) is 0.215. The summed E-state index contributed by atoms with van der Waals surface area (Å²) in [5.41, 5.74) is 14.4. The molecule has 2 fully saturated rings. The molecule has 0 unspecified atom stereocenters. The minimum absolute atomic E-state index is 0.0376. The van der Waals surface area contributed by atoms with Crippen LogP contribution in [0.5, 0.6) is 0 Å². The van der Waals surface area contributed by atoms with Crippen molar-refractivity contribution in [3.8, 4) is 0 Å². The fraction of sp³-hybridized carbons (Fsp3) is 0.679. The molecular weight excluding hydrogens is 530 g/mol. The summed E-state index contributed by atoms with van der Waals surface area (Å²) in [5, 5.41) is 36.0. The summed E-state index contributed by atoms with van der Waals surface area (Å²) in [7, 11) is 0. The summed E-state index contributed by atoms with van der Waals surface area (Å²) in [6.07, 6.45) is 1.90. The van der Waals surface area contributed by atoms with E-state index in [9.17, 15) is 24.9 Å². The quantitative estimate of drug-likeness (QED) is 0.116. The van der Waals surface area contributed by atoms with E-state index in [0.29, 0.717) is 11.9 Å². The number of amides is 1. The molecule has 4 rings (SSSR count). The Morgan fingerprint density at radius 3 is 2.49 bits per heavy atom. The molecular formula is C28H43N7O6. The standard InChI is InChI=1S/C28H43N7O6/c1-5-14(6-2)22(34-13(4)36)20-19(35-28(29)30)8-17(25(20)38)27(40)41-10-15-7-16(26(39)24(15)37)18-9-31-21-12(3)32-11-33-23(18)21/h9,11,14-17,19-20,22,24-26,31,37-39H,5-8,10H2,1-4H3,(H,34,36)(H4,29,30,35)/t15-,16+,17+,19-,20-,22+,24-,25-,26+/m1/s1. The molecule has 0 spiro atoms. The average Bonchev–Trinajstić information content (AvgIpc) is 3.57. The zero-order chi connectivity index (χ0) is 30.0. The average molecular weight is 574 g/mol. The molecule has 13 heteroatoms. The van der Waals surface area contributed by atoms with Gasteiger partial charge in [-0.25, -0.2) is 15.0 Å². The van der Waals surface area contributed by atoms with E-state index in [-0.39, 0.29) is 30.8 Å². The van der Waals surface area contributed by atoms with Gasteiger partial charge in [-0.1, -0.05) is 26.7 Å². The van der Waals surface area contributed by atoms with E-state index < -0.39 is 60.0 Å². The van der Waals surface area contributed by atoms with Crippen molar-refractivity contribution in [2.75, 3.05) is 6.61 Å². The van der Waals surface area contributed by atoms with Crippen molar-refractivity contribution in [1.29, 1.82) is 0 Å². The van der Waals surface area contributed by atoms with Gasteiger partial charge in [0, 0.05) is 42.5 Å². The van der Waals surface area contributed by atoms with Crippen molar-refractivity contribution in [2.24, 2.45) is 40.1 Å². The van der Waals surface area contributed by atoms with E-state index in [4.69, 9.17) is 16.2 Å². The van der Waals surface area contributed by atoms with Gasteiger partial charge in [-0.15, -0.1) is 0 Å². The zero-order valence-electron chi connectivity index (χ0n) is 24.0. The van der Waals surface area contributed by atoms with Gasteiger partial charge in [-0.05, 0) is 25.7 Å². The number of nitrogens with two attached hydrogens (primary N) is 2. The maximum absolute atomic E-state index is 13.3. The number of aromatic amines is 1. The topological polar surface area (TPSA) is 222 Å². The number of carbonyl (C=O) groups excluding carboxylic acids is 2. The number of fused-ring (bicyclic) bond motifs is 1. The molecule has 2 aromatic rings. The summed E-state index contributed by atoms with van der Waals surface area (Å²) < 4.78 is 5.65. The van der Waals surface area contributed by atoms with Gasteiger partial charge in [-0.3, -0.25) is 9.59 Å². The molecule has 9 N–H and O–H groups in total. The second-order valence-electron chi connectivity index (χ2n) is 11.5. The van der Waals surface area contributed by atoms with Crippen LogP contribution < -0.4 is 16.8 Å². The van der Waals surface area contributed by atoms with E-state index in [2.05, 4.69) is 25.3 Å². The number of nitrogens with zero attached hydrogens (tertiary/aromatic N) is 3. The largest absolute Gasteiger partial charge is 0.465 e. The minimum Gasteiger partial charge on any atom is -0.465 e. The van der Waals surface area contributed by atoms with Gasteiger partial charge >= 0.3 is 5.97 Å². The van der Waals surface area contributed by atoms with E-state index in [1.165, 1.54) is 13.3 Å². The van der Waals surface area contributed by atoms with Crippen molar-refractivity contribution in [3.63, 3.8) is 0 Å². The van der Waals surface area contributed by atoms with E-state index >= 15 is 0 Å². The number of aryl methyl sites for hydroxylation is 1. The Morgan fingerprint density at radius 1 is 1.15 bits per heavy atom. The van der Waals surface area contributed by atoms with E-state index in [0.717, 1.165) is 29.6 Å². The van der Waals surface area contributed by atoms with Crippen LogP contribution in [-0.4, -0.2) is 85.1 Å². The number of nitrogens with one attached hydrogen (secondary N) is 2. The number of aromatic nitrogens is 3. The number of hydrogen-bond acceptors (Lipinski definition) is 9. The first-order chi connectivity index (χ1) is 19.5.